The Morgan fingerprint density at radius 3 is 2.77 bits per heavy atom. The number of morpholine rings is 1. The number of halogens is 2. The summed E-state index contributed by atoms with van der Waals surface area (Å²) in [4.78, 5) is 18.8. The lowest BCUT2D eigenvalue weighted by Gasteiger charge is -2.32. The standard InChI is InChI=1S/C27H29F2N3O3/c1-19-18-34-12-10-32(19)11-13-35-23-8-9-24(26(29)15-23)20-6-7-22(30-16-20)14-27(33)31-17-21-4-2-3-5-25(21)28/h2-9,15-16,19H,10-14,17-18H2,1H3,(H,31,33)/t19-/m1/s1. The van der Waals surface area contributed by atoms with Crippen LogP contribution >= 0.6 is 0 Å². The van der Waals surface area contributed by atoms with Crippen LogP contribution in [-0.4, -0.2) is 54.7 Å². The van der Waals surface area contributed by atoms with Crippen LogP contribution in [0.2, 0.25) is 0 Å². The molecule has 1 saturated heterocycles. The van der Waals surface area contributed by atoms with E-state index in [1.54, 1.807) is 42.5 Å². The second kappa shape index (κ2) is 11.9. The maximum atomic E-state index is 14.8. The van der Waals surface area contributed by atoms with Gasteiger partial charge in [-0.2, -0.15) is 0 Å². The molecule has 0 bridgehead atoms. The number of nitrogens with one attached hydrogen (secondary N) is 1. The Morgan fingerprint density at radius 2 is 2.03 bits per heavy atom. The molecule has 2 heterocycles. The lowest BCUT2D eigenvalue weighted by molar-refractivity contribution is -0.120. The van der Waals surface area contributed by atoms with E-state index in [2.05, 4.69) is 22.1 Å². The highest BCUT2D eigenvalue weighted by Crippen LogP contribution is 2.26. The predicted molar refractivity (Wildman–Crippen MR) is 129 cm³/mol. The van der Waals surface area contributed by atoms with Gasteiger partial charge in [-0.3, -0.25) is 14.7 Å². The minimum absolute atomic E-state index is 0.0474. The molecular weight excluding hydrogens is 452 g/mol. The molecule has 1 fully saturated rings. The summed E-state index contributed by atoms with van der Waals surface area (Å²) in [6, 6.07) is 14.8. The molecule has 35 heavy (non-hydrogen) atoms. The molecule has 4 rings (SSSR count). The van der Waals surface area contributed by atoms with Gasteiger partial charge in [0.1, 0.15) is 24.0 Å². The number of aromatic nitrogens is 1. The van der Waals surface area contributed by atoms with Crippen molar-refractivity contribution < 1.29 is 23.0 Å². The van der Waals surface area contributed by atoms with E-state index in [4.69, 9.17) is 9.47 Å². The van der Waals surface area contributed by atoms with Gasteiger partial charge in [0.2, 0.25) is 5.91 Å². The molecule has 1 atom stereocenters. The minimum atomic E-state index is -0.403. The van der Waals surface area contributed by atoms with Crippen LogP contribution in [0.5, 0.6) is 5.75 Å². The third-order valence-corrected chi connectivity index (χ3v) is 6.00. The smallest absolute Gasteiger partial charge is 0.226 e. The first-order valence-corrected chi connectivity index (χ1v) is 11.7. The van der Waals surface area contributed by atoms with E-state index in [-0.39, 0.29) is 24.7 Å². The van der Waals surface area contributed by atoms with Crippen molar-refractivity contribution in [2.75, 3.05) is 32.9 Å². The molecule has 0 saturated carbocycles. The van der Waals surface area contributed by atoms with Gasteiger partial charge >= 0.3 is 0 Å². The Morgan fingerprint density at radius 1 is 1.17 bits per heavy atom. The first kappa shape index (κ1) is 24.8. The van der Waals surface area contributed by atoms with E-state index in [1.807, 2.05) is 0 Å². The van der Waals surface area contributed by atoms with Gasteiger partial charge in [-0.1, -0.05) is 24.3 Å². The Hall–Kier alpha value is -3.36. The summed E-state index contributed by atoms with van der Waals surface area (Å²) < 4.78 is 39.6. The van der Waals surface area contributed by atoms with Crippen LogP contribution in [-0.2, 0) is 22.5 Å². The van der Waals surface area contributed by atoms with Gasteiger partial charge in [-0.05, 0) is 31.2 Å². The van der Waals surface area contributed by atoms with Crippen molar-refractivity contribution in [1.29, 1.82) is 0 Å². The molecule has 3 aromatic rings. The molecule has 1 amide bonds. The molecule has 1 N–H and O–H groups in total. The van der Waals surface area contributed by atoms with Gasteiger partial charge in [0.05, 0.1) is 19.6 Å². The maximum absolute atomic E-state index is 14.8. The average Bonchev–Trinajstić information content (AvgIpc) is 2.85. The lowest BCUT2D eigenvalue weighted by Crippen LogP contribution is -2.45. The van der Waals surface area contributed by atoms with Crippen LogP contribution in [0.15, 0.2) is 60.8 Å². The molecule has 2 aromatic carbocycles. The molecule has 184 valence electrons. The number of rotatable bonds is 9. The minimum Gasteiger partial charge on any atom is -0.492 e. The first-order chi connectivity index (χ1) is 17.0. The highest BCUT2D eigenvalue weighted by atomic mass is 19.1. The molecule has 6 nitrogen and oxygen atoms in total. The number of carbonyl (C=O) groups excluding carboxylic acids is 1. The summed E-state index contributed by atoms with van der Waals surface area (Å²) in [6.07, 6.45) is 1.59. The van der Waals surface area contributed by atoms with Crippen molar-refractivity contribution in [2.45, 2.75) is 25.9 Å². The van der Waals surface area contributed by atoms with E-state index >= 15 is 0 Å². The fraction of sp³-hybridized carbons (Fsp3) is 0.333. The highest BCUT2D eigenvalue weighted by molar-refractivity contribution is 5.78. The number of amides is 1. The van der Waals surface area contributed by atoms with E-state index in [0.29, 0.717) is 47.4 Å². The quantitative estimate of drug-likeness (QED) is 0.501. The largest absolute Gasteiger partial charge is 0.492 e. The van der Waals surface area contributed by atoms with Gasteiger partial charge in [-0.25, -0.2) is 8.78 Å². The molecule has 0 unspecified atom stereocenters. The molecular formula is C27H29F2N3O3. The normalized spacial score (nSPS) is 16.1. The Kier molecular flexibility index (Phi) is 8.39. The summed E-state index contributed by atoms with van der Waals surface area (Å²) in [5, 5.41) is 2.69. The van der Waals surface area contributed by atoms with Gasteiger partial charge < -0.3 is 14.8 Å². The molecule has 8 heteroatoms. The maximum Gasteiger partial charge on any atom is 0.226 e. The summed E-state index contributed by atoms with van der Waals surface area (Å²) >= 11 is 0. The van der Waals surface area contributed by atoms with Gasteiger partial charge in [0, 0.05) is 60.3 Å². The lowest BCUT2D eigenvalue weighted by atomic mass is 10.1. The monoisotopic (exact) mass is 481 g/mol. The zero-order valence-electron chi connectivity index (χ0n) is 19.7. The van der Waals surface area contributed by atoms with Crippen molar-refractivity contribution in [1.82, 2.24) is 15.2 Å². The average molecular weight is 482 g/mol. The number of ether oxygens (including phenoxy) is 2. The third kappa shape index (κ3) is 6.83. The van der Waals surface area contributed by atoms with Crippen LogP contribution in [0.1, 0.15) is 18.2 Å². The van der Waals surface area contributed by atoms with E-state index in [0.717, 1.165) is 19.7 Å². The Labute approximate surface area is 203 Å². The van der Waals surface area contributed by atoms with Crippen molar-refractivity contribution in [3.8, 4) is 16.9 Å². The van der Waals surface area contributed by atoms with Crippen molar-refractivity contribution in [3.05, 3.63) is 83.7 Å². The summed E-state index contributed by atoms with van der Waals surface area (Å²) in [5.41, 5.74) is 1.97. The fourth-order valence-corrected chi connectivity index (χ4v) is 3.95. The summed E-state index contributed by atoms with van der Waals surface area (Å²) in [6.45, 7) is 5.76. The van der Waals surface area contributed by atoms with Gasteiger partial charge in [0.25, 0.3) is 0 Å². The number of benzene rings is 2. The second-order valence-electron chi connectivity index (χ2n) is 8.53. The van der Waals surface area contributed by atoms with Gasteiger partial charge in [0.15, 0.2) is 0 Å². The number of pyridine rings is 1. The Bertz CT molecular complexity index is 1140. The van der Waals surface area contributed by atoms with Crippen LogP contribution in [0.3, 0.4) is 0 Å². The predicted octanol–water partition coefficient (Wildman–Crippen LogP) is 3.99. The van der Waals surface area contributed by atoms with Crippen molar-refractivity contribution in [3.63, 3.8) is 0 Å². The highest BCUT2D eigenvalue weighted by Gasteiger charge is 2.18. The van der Waals surface area contributed by atoms with E-state index in [1.165, 1.54) is 18.3 Å². The van der Waals surface area contributed by atoms with Crippen LogP contribution in [0.4, 0.5) is 8.78 Å². The summed E-state index contributed by atoms with van der Waals surface area (Å²) in [7, 11) is 0. The second-order valence-corrected chi connectivity index (χ2v) is 8.53. The van der Waals surface area contributed by atoms with Gasteiger partial charge in [-0.15, -0.1) is 0 Å². The van der Waals surface area contributed by atoms with Crippen LogP contribution < -0.4 is 10.1 Å². The fourth-order valence-electron chi connectivity index (χ4n) is 3.95. The molecule has 1 aliphatic heterocycles. The molecule has 1 aromatic heterocycles. The zero-order valence-corrected chi connectivity index (χ0v) is 19.7. The zero-order chi connectivity index (χ0) is 24.6. The number of hydrogen-bond acceptors (Lipinski definition) is 5. The van der Waals surface area contributed by atoms with Crippen molar-refractivity contribution >= 4 is 5.91 Å². The van der Waals surface area contributed by atoms with Crippen LogP contribution in [0.25, 0.3) is 11.1 Å². The molecule has 0 radical (unpaired) electrons. The van der Waals surface area contributed by atoms with Crippen LogP contribution in [0, 0.1) is 11.6 Å². The first-order valence-electron chi connectivity index (χ1n) is 11.7. The molecule has 1 aliphatic rings. The van der Waals surface area contributed by atoms with E-state index < -0.39 is 5.82 Å². The van der Waals surface area contributed by atoms with E-state index in [9.17, 15) is 13.6 Å². The number of hydrogen-bond donors (Lipinski definition) is 1. The summed E-state index contributed by atoms with van der Waals surface area (Å²) in [5.74, 6) is -0.559. The topological polar surface area (TPSA) is 63.7 Å². The third-order valence-electron chi connectivity index (χ3n) is 6.00. The molecule has 0 aliphatic carbocycles. The molecule has 0 spiro atoms. The Balaban J connectivity index is 1.28. The SMILES string of the molecule is C[C@@H]1COCCN1CCOc1ccc(-c2ccc(CC(=O)NCc3ccccc3F)nc2)c(F)c1. The van der Waals surface area contributed by atoms with Crippen molar-refractivity contribution in [2.24, 2.45) is 0 Å². The number of nitrogens with zero attached hydrogens (tertiary/aromatic N) is 2. The number of carbonyl (C=O) groups is 1.